The molecule has 0 fully saturated rings. The second-order valence-corrected chi connectivity index (χ2v) is 15.8. The molecular weight excluding hydrogens is 757 g/mol. The highest BCUT2D eigenvalue weighted by Crippen LogP contribution is 2.39. The molecule has 290 valence electrons. The van der Waals surface area contributed by atoms with Gasteiger partial charge in [-0.2, -0.15) is 0 Å². The lowest BCUT2D eigenvalue weighted by molar-refractivity contribution is 0.668. The average Bonchev–Trinajstić information content (AvgIpc) is 3.92. The highest BCUT2D eigenvalue weighted by Gasteiger charge is 2.16. The van der Waals surface area contributed by atoms with Crippen molar-refractivity contribution in [1.82, 2.24) is 9.97 Å². The molecule has 0 aliphatic rings. The topological polar surface area (TPSA) is 52.1 Å². The molecule has 4 heteroatoms. The molecule has 0 saturated heterocycles. The number of nitrogens with zero attached hydrogens (tertiary/aromatic N) is 2. The lowest BCUT2D eigenvalue weighted by Crippen LogP contribution is -1.96. The number of furan rings is 2. The molecule has 12 rings (SSSR count). The first-order valence-corrected chi connectivity index (χ1v) is 20.9. The molecule has 0 spiro atoms. The van der Waals surface area contributed by atoms with Gasteiger partial charge in [0.05, 0.1) is 11.4 Å². The van der Waals surface area contributed by atoms with Crippen LogP contribution in [0, 0.1) is 0 Å². The maximum Gasteiger partial charge on any atom is 0.160 e. The number of hydrogen-bond acceptors (Lipinski definition) is 4. The third kappa shape index (κ3) is 6.42. The molecule has 0 saturated carbocycles. The fourth-order valence-corrected chi connectivity index (χ4v) is 8.72. The van der Waals surface area contributed by atoms with E-state index in [1.54, 1.807) is 0 Å². The molecule has 0 aliphatic carbocycles. The average molecular weight is 793 g/mol. The largest absolute Gasteiger partial charge is 0.456 e. The summed E-state index contributed by atoms with van der Waals surface area (Å²) in [5, 5.41) is 4.41. The zero-order valence-corrected chi connectivity index (χ0v) is 33.5. The molecule has 3 heterocycles. The van der Waals surface area contributed by atoms with Crippen molar-refractivity contribution in [2.45, 2.75) is 0 Å². The Morgan fingerprint density at radius 2 is 0.613 bits per heavy atom. The Bertz CT molecular complexity index is 3620. The van der Waals surface area contributed by atoms with Crippen LogP contribution in [0.3, 0.4) is 0 Å². The number of hydrogen-bond donors (Lipinski definition) is 0. The third-order valence-electron chi connectivity index (χ3n) is 11.9. The van der Waals surface area contributed by atoms with Gasteiger partial charge in [0.2, 0.25) is 0 Å². The number of benzene rings is 9. The standard InChI is InChI=1S/C58H36N2O2/c1-3-12-37(13-4-1)38-22-24-39(25-23-38)52-36-53(60-58(59-52)40-14-5-2-6-15-40)47-32-45(31-46(33-47)44-27-29-57-51(35-44)49-19-8-10-21-55(49)62-57)42-17-11-16-41(30-42)43-26-28-56-50(34-43)48-18-7-9-20-54(48)61-56/h1-36H. The van der Waals surface area contributed by atoms with E-state index in [0.717, 1.165) is 111 Å². The molecule has 0 unspecified atom stereocenters. The maximum atomic E-state index is 6.25. The first-order chi connectivity index (χ1) is 30.7. The van der Waals surface area contributed by atoms with Crippen molar-refractivity contribution in [2.75, 3.05) is 0 Å². The van der Waals surface area contributed by atoms with Crippen LogP contribution in [-0.2, 0) is 0 Å². The zero-order chi connectivity index (χ0) is 41.0. The van der Waals surface area contributed by atoms with E-state index in [0.29, 0.717) is 5.82 Å². The van der Waals surface area contributed by atoms with E-state index in [9.17, 15) is 0 Å². The van der Waals surface area contributed by atoms with E-state index >= 15 is 0 Å². The molecule has 62 heavy (non-hydrogen) atoms. The van der Waals surface area contributed by atoms with E-state index in [4.69, 9.17) is 18.8 Å². The van der Waals surface area contributed by atoms with Crippen molar-refractivity contribution in [1.29, 1.82) is 0 Å². The van der Waals surface area contributed by atoms with Crippen LogP contribution in [0.2, 0.25) is 0 Å². The highest BCUT2D eigenvalue weighted by molar-refractivity contribution is 6.07. The van der Waals surface area contributed by atoms with Gasteiger partial charge >= 0.3 is 0 Å². The van der Waals surface area contributed by atoms with Crippen molar-refractivity contribution < 1.29 is 8.83 Å². The summed E-state index contributed by atoms with van der Waals surface area (Å²) in [5.74, 6) is 0.674. The van der Waals surface area contributed by atoms with Crippen LogP contribution in [0.4, 0.5) is 0 Å². The summed E-state index contributed by atoms with van der Waals surface area (Å²) in [6.07, 6.45) is 0. The van der Waals surface area contributed by atoms with Gasteiger partial charge in [0, 0.05) is 38.2 Å². The smallest absolute Gasteiger partial charge is 0.160 e. The molecule has 3 aromatic heterocycles. The molecule has 0 atom stereocenters. The highest BCUT2D eigenvalue weighted by atomic mass is 16.3. The summed E-state index contributed by atoms with van der Waals surface area (Å²) in [6, 6.07) is 76.5. The third-order valence-corrected chi connectivity index (χ3v) is 11.9. The van der Waals surface area contributed by atoms with Crippen LogP contribution in [0.1, 0.15) is 0 Å². The van der Waals surface area contributed by atoms with E-state index in [1.165, 1.54) is 5.56 Å². The summed E-state index contributed by atoms with van der Waals surface area (Å²) in [7, 11) is 0. The van der Waals surface area contributed by atoms with Crippen LogP contribution in [0.15, 0.2) is 227 Å². The molecule has 9 aromatic carbocycles. The Balaban J connectivity index is 1.03. The van der Waals surface area contributed by atoms with E-state index in [-0.39, 0.29) is 0 Å². The normalized spacial score (nSPS) is 11.5. The quantitative estimate of drug-likeness (QED) is 0.161. The molecule has 4 nitrogen and oxygen atoms in total. The van der Waals surface area contributed by atoms with Crippen molar-refractivity contribution in [3.63, 3.8) is 0 Å². The fourth-order valence-electron chi connectivity index (χ4n) is 8.72. The molecule has 0 bridgehead atoms. The van der Waals surface area contributed by atoms with E-state index in [2.05, 4.69) is 170 Å². The second-order valence-electron chi connectivity index (χ2n) is 15.8. The first-order valence-electron chi connectivity index (χ1n) is 20.9. The Morgan fingerprint density at radius 1 is 0.226 bits per heavy atom. The van der Waals surface area contributed by atoms with E-state index in [1.807, 2.05) is 48.5 Å². The van der Waals surface area contributed by atoms with Gasteiger partial charge < -0.3 is 8.83 Å². The Labute approximate surface area is 358 Å². The summed E-state index contributed by atoms with van der Waals surface area (Å²) < 4.78 is 12.4. The van der Waals surface area contributed by atoms with Gasteiger partial charge in [0.15, 0.2) is 5.82 Å². The molecule has 0 radical (unpaired) electrons. The van der Waals surface area contributed by atoms with Gasteiger partial charge in [-0.3, -0.25) is 0 Å². The van der Waals surface area contributed by atoms with Gasteiger partial charge in [-0.1, -0.05) is 152 Å². The lowest BCUT2D eigenvalue weighted by Gasteiger charge is -2.14. The van der Waals surface area contributed by atoms with Gasteiger partial charge in [-0.25, -0.2) is 9.97 Å². The molecule has 0 N–H and O–H groups in total. The van der Waals surface area contributed by atoms with Crippen molar-refractivity contribution in [3.8, 4) is 78.4 Å². The maximum absolute atomic E-state index is 6.25. The minimum atomic E-state index is 0.674. The molecule has 12 aromatic rings. The van der Waals surface area contributed by atoms with Crippen LogP contribution >= 0.6 is 0 Å². The Morgan fingerprint density at radius 3 is 1.23 bits per heavy atom. The first kappa shape index (κ1) is 35.6. The van der Waals surface area contributed by atoms with Gasteiger partial charge in [0.25, 0.3) is 0 Å². The molecule has 0 amide bonds. The van der Waals surface area contributed by atoms with Gasteiger partial charge in [0.1, 0.15) is 22.3 Å². The predicted molar refractivity (Wildman–Crippen MR) is 255 cm³/mol. The van der Waals surface area contributed by atoms with Crippen molar-refractivity contribution in [2.24, 2.45) is 0 Å². The summed E-state index contributed by atoms with van der Waals surface area (Å²) in [4.78, 5) is 10.5. The monoisotopic (exact) mass is 792 g/mol. The fraction of sp³-hybridized carbons (Fsp3) is 0. The van der Waals surface area contributed by atoms with Gasteiger partial charge in [-0.05, 0) is 111 Å². The van der Waals surface area contributed by atoms with Gasteiger partial charge in [-0.15, -0.1) is 0 Å². The number of rotatable bonds is 7. The number of fused-ring (bicyclic) bond motifs is 6. The summed E-state index contributed by atoms with van der Waals surface area (Å²) in [6.45, 7) is 0. The Kier molecular flexibility index (Phi) is 8.46. The van der Waals surface area contributed by atoms with Crippen LogP contribution < -0.4 is 0 Å². The van der Waals surface area contributed by atoms with Crippen molar-refractivity contribution in [3.05, 3.63) is 218 Å². The summed E-state index contributed by atoms with van der Waals surface area (Å²) in [5.41, 5.74) is 17.2. The SMILES string of the molecule is c1ccc(-c2ccc(-c3cc(-c4cc(-c5cccc(-c6ccc7oc8ccccc8c7c6)c5)cc(-c5ccc6oc7ccccc7c6c5)c4)nc(-c4ccccc4)n3)cc2)cc1. The predicted octanol–water partition coefficient (Wildman–Crippen LogP) is 15.9. The number of para-hydroxylation sites is 2. The number of aromatic nitrogens is 2. The second kappa shape index (κ2) is 14.7. The molecule has 0 aliphatic heterocycles. The lowest BCUT2D eigenvalue weighted by atomic mass is 9.92. The minimum absolute atomic E-state index is 0.674. The minimum Gasteiger partial charge on any atom is -0.456 e. The van der Waals surface area contributed by atoms with Crippen LogP contribution in [0.25, 0.3) is 122 Å². The van der Waals surface area contributed by atoms with E-state index < -0.39 is 0 Å². The van der Waals surface area contributed by atoms with Crippen LogP contribution in [0.5, 0.6) is 0 Å². The summed E-state index contributed by atoms with van der Waals surface area (Å²) >= 11 is 0. The van der Waals surface area contributed by atoms with Crippen molar-refractivity contribution >= 4 is 43.9 Å². The zero-order valence-electron chi connectivity index (χ0n) is 33.5. The molecular formula is C58H36N2O2. The van der Waals surface area contributed by atoms with Crippen LogP contribution in [-0.4, -0.2) is 9.97 Å². The Hall–Kier alpha value is -8.34.